The maximum atomic E-state index is 13.2. The van der Waals surface area contributed by atoms with E-state index in [1.165, 1.54) is 12.1 Å². The second-order valence-corrected chi connectivity index (χ2v) is 8.37. The van der Waals surface area contributed by atoms with E-state index in [4.69, 9.17) is 10.5 Å². The fourth-order valence-electron chi connectivity index (χ4n) is 4.45. The first-order valence-corrected chi connectivity index (χ1v) is 11.1. The molecule has 1 heterocycles. The highest BCUT2D eigenvalue weighted by Crippen LogP contribution is 2.40. The fourth-order valence-corrected chi connectivity index (χ4v) is 4.45. The summed E-state index contributed by atoms with van der Waals surface area (Å²) in [5.74, 6) is -0.249. The van der Waals surface area contributed by atoms with Crippen LogP contribution in [0.15, 0.2) is 78.9 Å². The van der Waals surface area contributed by atoms with Gasteiger partial charge in [-0.1, -0.05) is 66.7 Å². The molecule has 1 aliphatic heterocycles. The maximum Gasteiger partial charge on any atom is 0.411 e. The van der Waals surface area contributed by atoms with Gasteiger partial charge < -0.3 is 15.4 Å². The third-order valence-electron chi connectivity index (χ3n) is 6.40. The van der Waals surface area contributed by atoms with Crippen LogP contribution in [0.2, 0.25) is 0 Å². The van der Waals surface area contributed by atoms with Crippen molar-refractivity contribution in [1.82, 2.24) is 4.90 Å². The van der Waals surface area contributed by atoms with Crippen LogP contribution in [0.3, 0.4) is 0 Å². The fraction of sp³-hybridized carbons (Fsp3) is 0.296. The zero-order chi connectivity index (χ0) is 22.6. The molecule has 5 heteroatoms. The molecule has 1 saturated heterocycles. The van der Waals surface area contributed by atoms with Gasteiger partial charge in [-0.05, 0) is 60.7 Å². The summed E-state index contributed by atoms with van der Waals surface area (Å²) in [6, 6.07) is 24.3. The summed E-state index contributed by atoms with van der Waals surface area (Å²) in [6.07, 6.45) is 1.93. The van der Waals surface area contributed by atoms with Crippen molar-refractivity contribution in [2.45, 2.75) is 37.8 Å². The first kappa shape index (κ1) is 22.0. The monoisotopic (exact) mass is 432 g/mol. The molecule has 0 radical (unpaired) electrons. The van der Waals surface area contributed by atoms with Crippen molar-refractivity contribution in [3.05, 3.63) is 95.8 Å². The van der Waals surface area contributed by atoms with Gasteiger partial charge in [-0.25, -0.2) is 9.18 Å². The number of carbonyl (C=O) groups excluding carboxylic acids is 1. The van der Waals surface area contributed by atoms with Crippen molar-refractivity contribution in [3.8, 4) is 11.1 Å². The average molecular weight is 433 g/mol. The van der Waals surface area contributed by atoms with Crippen LogP contribution in [0.1, 0.15) is 43.4 Å². The quantitative estimate of drug-likeness (QED) is 0.496. The Hall–Kier alpha value is -3.18. The number of cyclic esters (lactones) is 1. The number of nitrogens with two attached hydrogens (primary N) is 1. The topological polar surface area (TPSA) is 55.6 Å². The largest absolute Gasteiger partial charge is 0.438 e. The van der Waals surface area contributed by atoms with Crippen molar-refractivity contribution in [2.75, 3.05) is 13.1 Å². The summed E-state index contributed by atoms with van der Waals surface area (Å²) in [4.78, 5) is 14.9. The Morgan fingerprint density at radius 3 is 2.22 bits per heavy atom. The number of hydrogen-bond donors (Lipinski definition) is 1. The molecule has 0 aromatic heterocycles. The summed E-state index contributed by atoms with van der Waals surface area (Å²) in [6.45, 7) is 3.19. The van der Waals surface area contributed by atoms with Crippen LogP contribution in [0.5, 0.6) is 0 Å². The lowest BCUT2D eigenvalue weighted by atomic mass is 9.84. The van der Waals surface area contributed by atoms with Crippen LogP contribution in [0.25, 0.3) is 11.1 Å². The Morgan fingerprint density at radius 1 is 1.00 bits per heavy atom. The summed E-state index contributed by atoms with van der Waals surface area (Å²) in [5.41, 5.74) is 9.15. The van der Waals surface area contributed by atoms with Gasteiger partial charge in [0, 0.05) is 13.0 Å². The standard InChI is InChI=1S/C27H29FN2O2/c1-20(21-8-10-22(11-9-21)23-12-14-25(28)15-13-23)30-19-17-27(16-5-18-29,32-26(30)31)24-6-3-2-4-7-24/h2-4,6-15,20H,5,16-19,29H2,1H3/t20-,27+/m0/s1. The third-order valence-corrected chi connectivity index (χ3v) is 6.40. The number of amides is 1. The summed E-state index contributed by atoms with van der Waals surface area (Å²) in [7, 11) is 0. The van der Waals surface area contributed by atoms with Crippen molar-refractivity contribution in [3.63, 3.8) is 0 Å². The lowest BCUT2D eigenvalue weighted by Crippen LogP contribution is -2.48. The summed E-state index contributed by atoms with van der Waals surface area (Å²) in [5, 5.41) is 0. The van der Waals surface area contributed by atoms with Gasteiger partial charge in [-0.15, -0.1) is 0 Å². The molecule has 0 saturated carbocycles. The number of benzene rings is 3. The zero-order valence-corrected chi connectivity index (χ0v) is 18.3. The van der Waals surface area contributed by atoms with Gasteiger partial charge >= 0.3 is 6.09 Å². The van der Waals surface area contributed by atoms with Gasteiger partial charge in [-0.2, -0.15) is 0 Å². The number of nitrogens with zero attached hydrogens (tertiary/aromatic N) is 1. The van der Waals surface area contributed by atoms with E-state index >= 15 is 0 Å². The Balaban J connectivity index is 1.50. The zero-order valence-electron chi connectivity index (χ0n) is 18.3. The Kier molecular flexibility index (Phi) is 6.56. The molecule has 0 bridgehead atoms. The Morgan fingerprint density at radius 2 is 1.62 bits per heavy atom. The van der Waals surface area contributed by atoms with Crippen LogP contribution in [0, 0.1) is 5.82 Å². The van der Waals surface area contributed by atoms with E-state index in [1.807, 2.05) is 61.5 Å². The van der Waals surface area contributed by atoms with Crippen molar-refractivity contribution >= 4 is 6.09 Å². The van der Waals surface area contributed by atoms with Crippen LogP contribution in [-0.2, 0) is 10.3 Å². The lowest BCUT2D eigenvalue weighted by Gasteiger charge is -2.43. The number of halogens is 1. The molecule has 0 unspecified atom stereocenters. The smallest absolute Gasteiger partial charge is 0.411 e. The second kappa shape index (κ2) is 9.53. The number of ether oxygens (including phenoxy) is 1. The minimum atomic E-state index is -0.625. The lowest BCUT2D eigenvalue weighted by molar-refractivity contribution is -0.0661. The molecule has 0 spiro atoms. The molecule has 1 aliphatic rings. The van der Waals surface area contributed by atoms with Gasteiger partial charge in [0.25, 0.3) is 0 Å². The van der Waals surface area contributed by atoms with E-state index in [0.29, 0.717) is 19.5 Å². The van der Waals surface area contributed by atoms with Gasteiger partial charge in [0.1, 0.15) is 11.4 Å². The van der Waals surface area contributed by atoms with E-state index in [0.717, 1.165) is 35.1 Å². The molecule has 3 aromatic carbocycles. The molecule has 166 valence electrons. The normalized spacial score (nSPS) is 19.5. The Labute approximate surface area is 188 Å². The van der Waals surface area contributed by atoms with Crippen LogP contribution >= 0.6 is 0 Å². The number of carbonyl (C=O) groups is 1. The molecule has 4 nitrogen and oxygen atoms in total. The molecule has 1 fully saturated rings. The molecule has 4 rings (SSSR count). The molecule has 2 N–H and O–H groups in total. The Bertz CT molecular complexity index is 1040. The van der Waals surface area contributed by atoms with Gasteiger partial charge in [0.2, 0.25) is 0 Å². The molecular formula is C27H29FN2O2. The molecule has 32 heavy (non-hydrogen) atoms. The van der Waals surface area contributed by atoms with E-state index in [-0.39, 0.29) is 18.0 Å². The van der Waals surface area contributed by atoms with Crippen LogP contribution in [0.4, 0.5) is 9.18 Å². The predicted octanol–water partition coefficient (Wildman–Crippen LogP) is 6.03. The minimum Gasteiger partial charge on any atom is -0.438 e. The van der Waals surface area contributed by atoms with E-state index in [2.05, 4.69) is 0 Å². The van der Waals surface area contributed by atoms with E-state index in [1.54, 1.807) is 17.0 Å². The highest BCUT2D eigenvalue weighted by molar-refractivity contribution is 5.70. The molecule has 2 atom stereocenters. The second-order valence-electron chi connectivity index (χ2n) is 8.37. The number of hydrogen-bond acceptors (Lipinski definition) is 3. The molecular weight excluding hydrogens is 403 g/mol. The van der Waals surface area contributed by atoms with Crippen molar-refractivity contribution in [1.29, 1.82) is 0 Å². The summed E-state index contributed by atoms with van der Waals surface area (Å²) < 4.78 is 19.3. The minimum absolute atomic E-state index is 0.118. The first-order valence-electron chi connectivity index (χ1n) is 11.1. The molecule has 1 amide bonds. The van der Waals surface area contributed by atoms with Crippen LogP contribution in [-0.4, -0.2) is 24.1 Å². The molecule has 3 aromatic rings. The van der Waals surface area contributed by atoms with Crippen molar-refractivity contribution in [2.24, 2.45) is 5.73 Å². The SMILES string of the molecule is C[C@@H](c1ccc(-c2ccc(F)cc2)cc1)N1CC[C@](CCCN)(c2ccccc2)OC1=O. The number of rotatable bonds is 7. The van der Waals surface area contributed by atoms with Gasteiger partial charge in [0.05, 0.1) is 6.04 Å². The average Bonchev–Trinajstić information content (AvgIpc) is 2.83. The van der Waals surface area contributed by atoms with Gasteiger partial charge in [0.15, 0.2) is 0 Å². The van der Waals surface area contributed by atoms with Gasteiger partial charge in [-0.3, -0.25) is 0 Å². The summed E-state index contributed by atoms with van der Waals surface area (Å²) >= 11 is 0. The predicted molar refractivity (Wildman–Crippen MR) is 124 cm³/mol. The molecule has 0 aliphatic carbocycles. The van der Waals surface area contributed by atoms with Crippen LogP contribution < -0.4 is 5.73 Å². The first-order chi connectivity index (χ1) is 15.5. The maximum absolute atomic E-state index is 13.2. The van der Waals surface area contributed by atoms with E-state index in [9.17, 15) is 9.18 Å². The highest BCUT2D eigenvalue weighted by Gasteiger charge is 2.43. The highest BCUT2D eigenvalue weighted by atomic mass is 19.1. The van der Waals surface area contributed by atoms with Crippen molar-refractivity contribution < 1.29 is 13.9 Å². The third kappa shape index (κ3) is 4.53. The van der Waals surface area contributed by atoms with E-state index < -0.39 is 5.60 Å².